The van der Waals surface area contributed by atoms with Crippen molar-refractivity contribution in [3.8, 4) is 0 Å². The van der Waals surface area contributed by atoms with Gasteiger partial charge in [-0.3, -0.25) is 4.79 Å². The zero-order valence-corrected chi connectivity index (χ0v) is 16.0. The van der Waals surface area contributed by atoms with Crippen molar-refractivity contribution >= 4 is 11.6 Å². The normalized spacial score (nSPS) is 24.0. The van der Waals surface area contributed by atoms with E-state index >= 15 is 0 Å². The van der Waals surface area contributed by atoms with Gasteiger partial charge in [-0.1, -0.05) is 6.07 Å². The number of hydrogen-bond acceptors (Lipinski definition) is 4. The van der Waals surface area contributed by atoms with Crippen LogP contribution in [0.1, 0.15) is 42.9 Å². The Morgan fingerprint density at radius 2 is 2.00 bits per heavy atom. The van der Waals surface area contributed by atoms with Gasteiger partial charge in [0.25, 0.3) is 5.91 Å². The highest BCUT2D eigenvalue weighted by atomic mass is 19.1. The minimum Gasteiger partial charge on any atom is -0.363 e. The second-order valence-corrected chi connectivity index (χ2v) is 8.25. The van der Waals surface area contributed by atoms with Gasteiger partial charge in [0, 0.05) is 42.8 Å². The standard InChI is InChI=1S/C21H25FN4O/c1-14-23-11-16(12-24-14)20(27)25-8-7-19-15(13-25)10-21(2,3)26(19)18-6-4-5-17(22)9-18/h4-6,9,11-12,15,19H,7-8,10,13H2,1-3H3/t15-,19+/m1/s1. The van der Waals surface area contributed by atoms with Gasteiger partial charge in [-0.2, -0.15) is 0 Å². The van der Waals surface area contributed by atoms with Crippen molar-refractivity contribution in [2.75, 3.05) is 18.0 Å². The highest BCUT2D eigenvalue weighted by Gasteiger charge is 2.48. The van der Waals surface area contributed by atoms with Crippen LogP contribution in [0, 0.1) is 18.7 Å². The number of carbonyl (C=O) groups is 1. The molecule has 2 atom stereocenters. The van der Waals surface area contributed by atoms with E-state index in [2.05, 4.69) is 28.7 Å². The van der Waals surface area contributed by atoms with Gasteiger partial charge in [-0.25, -0.2) is 14.4 Å². The number of halogens is 1. The quantitative estimate of drug-likeness (QED) is 0.815. The summed E-state index contributed by atoms with van der Waals surface area (Å²) in [5, 5.41) is 0. The summed E-state index contributed by atoms with van der Waals surface area (Å²) < 4.78 is 13.8. The number of fused-ring (bicyclic) bond motifs is 1. The number of aromatic nitrogens is 2. The molecule has 1 aromatic heterocycles. The van der Waals surface area contributed by atoms with Crippen LogP contribution in [0.25, 0.3) is 0 Å². The summed E-state index contributed by atoms with van der Waals surface area (Å²) in [6, 6.07) is 7.17. The van der Waals surface area contributed by atoms with E-state index < -0.39 is 0 Å². The van der Waals surface area contributed by atoms with Crippen molar-refractivity contribution in [1.29, 1.82) is 0 Å². The Bertz CT molecular complexity index is 852. The third-order valence-corrected chi connectivity index (χ3v) is 5.84. The molecule has 0 aliphatic carbocycles. The molecule has 27 heavy (non-hydrogen) atoms. The molecule has 2 saturated heterocycles. The van der Waals surface area contributed by atoms with Gasteiger partial charge < -0.3 is 9.80 Å². The van der Waals surface area contributed by atoms with Crippen molar-refractivity contribution in [3.05, 3.63) is 53.9 Å². The molecule has 4 rings (SSSR count). The maximum absolute atomic E-state index is 13.8. The van der Waals surface area contributed by atoms with Gasteiger partial charge in [0.2, 0.25) is 0 Å². The van der Waals surface area contributed by atoms with Gasteiger partial charge in [0.1, 0.15) is 11.6 Å². The van der Waals surface area contributed by atoms with Crippen LogP contribution in [0.2, 0.25) is 0 Å². The summed E-state index contributed by atoms with van der Waals surface area (Å²) in [5.41, 5.74) is 1.40. The average molecular weight is 368 g/mol. The largest absolute Gasteiger partial charge is 0.363 e. The van der Waals surface area contributed by atoms with E-state index in [0.29, 0.717) is 36.4 Å². The molecule has 0 radical (unpaired) electrons. The summed E-state index contributed by atoms with van der Waals surface area (Å²) in [4.78, 5) is 25.4. The van der Waals surface area contributed by atoms with Crippen LogP contribution in [0.5, 0.6) is 0 Å². The number of hydrogen-bond donors (Lipinski definition) is 0. The molecule has 0 N–H and O–H groups in total. The Hall–Kier alpha value is -2.50. The number of likely N-dealkylation sites (tertiary alicyclic amines) is 1. The summed E-state index contributed by atoms with van der Waals surface area (Å²) in [5.74, 6) is 0.815. The van der Waals surface area contributed by atoms with Crippen molar-refractivity contribution in [2.45, 2.75) is 45.2 Å². The van der Waals surface area contributed by atoms with Gasteiger partial charge in [-0.05, 0) is 57.7 Å². The smallest absolute Gasteiger partial charge is 0.257 e. The van der Waals surface area contributed by atoms with E-state index in [1.807, 2.05) is 11.0 Å². The van der Waals surface area contributed by atoms with E-state index in [9.17, 15) is 9.18 Å². The Kier molecular flexibility index (Phi) is 4.36. The zero-order chi connectivity index (χ0) is 19.2. The first-order valence-corrected chi connectivity index (χ1v) is 9.48. The van der Waals surface area contributed by atoms with Gasteiger partial charge in [0.05, 0.1) is 5.56 Å². The van der Waals surface area contributed by atoms with E-state index in [4.69, 9.17) is 0 Å². The molecule has 0 saturated carbocycles. The molecule has 1 aromatic carbocycles. The first kappa shape index (κ1) is 17.9. The molecule has 0 spiro atoms. The molecule has 2 aromatic rings. The number of aryl methyl sites for hydroxylation is 1. The van der Waals surface area contributed by atoms with Crippen LogP contribution in [0.4, 0.5) is 10.1 Å². The summed E-state index contributed by atoms with van der Waals surface area (Å²) in [6.45, 7) is 7.62. The van der Waals surface area contributed by atoms with Crippen LogP contribution >= 0.6 is 0 Å². The van der Waals surface area contributed by atoms with Crippen LogP contribution in [0.15, 0.2) is 36.7 Å². The van der Waals surface area contributed by atoms with Gasteiger partial charge in [-0.15, -0.1) is 0 Å². The van der Waals surface area contributed by atoms with Gasteiger partial charge >= 0.3 is 0 Å². The topological polar surface area (TPSA) is 49.3 Å². The lowest BCUT2D eigenvalue weighted by Gasteiger charge is -2.41. The number of nitrogens with zero attached hydrogens (tertiary/aromatic N) is 4. The lowest BCUT2D eigenvalue weighted by atomic mass is 9.89. The minimum atomic E-state index is -0.210. The predicted octanol–water partition coefficient (Wildman–Crippen LogP) is 3.44. The summed E-state index contributed by atoms with van der Waals surface area (Å²) >= 11 is 0. The second kappa shape index (κ2) is 6.59. The molecule has 3 heterocycles. The summed E-state index contributed by atoms with van der Waals surface area (Å²) in [7, 11) is 0. The fourth-order valence-corrected chi connectivity index (χ4v) is 4.79. The zero-order valence-electron chi connectivity index (χ0n) is 16.0. The van der Waals surface area contributed by atoms with Gasteiger partial charge in [0.15, 0.2) is 0 Å². The number of amides is 1. The Labute approximate surface area is 159 Å². The van der Waals surface area contributed by atoms with Crippen LogP contribution < -0.4 is 4.90 Å². The first-order chi connectivity index (χ1) is 12.8. The molecule has 142 valence electrons. The fraction of sp³-hybridized carbons (Fsp3) is 0.476. The lowest BCUT2D eigenvalue weighted by Crippen LogP contribution is -2.50. The van der Waals surface area contributed by atoms with Crippen LogP contribution in [-0.2, 0) is 0 Å². The summed E-state index contributed by atoms with van der Waals surface area (Å²) in [6.07, 6.45) is 5.06. The molecule has 2 aliphatic heterocycles. The molecule has 0 unspecified atom stereocenters. The SMILES string of the molecule is Cc1ncc(C(=O)N2CC[C@H]3[C@@H](C2)CC(C)(C)N3c2cccc(F)c2)cn1. The van der Waals surface area contributed by atoms with E-state index in [-0.39, 0.29) is 17.3 Å². The molecular formula is C21H25FN4O. The van der Waals surface area contributed by atoms with Crippen LogP contribution in [-0.4, -0.2) is 45.4 Å². The number of rotatable bonds is 2. The fourth-order valence-electron chi connectivity index (χ4n) is 4.79. The third-order valence-electron chi connectivity index (χ3n) is 5.84. The van der Waals surface area contributed by atoms with E-state index in [0.717, 1.165) is 18.5 Å². The Balaban J connectivity index is 1.54. The highest BCUT2D eigenvalue weighted by molar-refractivity contribution is 5.93. The lowest BCUT2D eigenvalue weighted by molar-refractivity contribution is 0.0666. The second-order valence-electron chi connectivity index (χ2n) is 8.25. The highest BCUT2D eigenvalue weighted by Crippen LogP contribution is 2.44. The molecule has 2 fully saturated rings. The van der Waals surface area contributed by atoms with E-state index in [1.54, 1.807) is 31.5 Å². The number of piperidine rings is 1. The third kappa shape index (κ3) is 3.29. The van der Waals surface area contributed by atoms with Crippen molar-refractivity contribution in [2.24, 2.45) is 5.92 Å². The molecule has 1 amide bonds. The molecule has 2 aliphatic rings. The molecule has 5 nitrogen and oxygen atoms in total. The number of benzene rings is 1. The number of anilines is 1. The Morgan fingerprint density at radius 3 is 2.70 bits per heavy atom. The predicted molar refractivity (Wildman–Crippen MR) is 102 cm³/mol. The average Bonchev–Trinajstić information content (AvgIpc) is 2.90. The molecule has 0 bridgehead atoms. The maximum Gasteiger partial charge on any atom is 0.257 e. The first-order valence-electron chi connectivity index (χ1n) is 9.48. The van der Waals surface area contributed by atoms with Crippen molar-refractivity contribution < 1.29 is 9.18 Å². The van der Waals surface area contributed by atoms with Crippen molar-refractivity contribution in [1.82, 2.24) is 14.9 Å². The minimum absolute atomic E-state index is 0.00420. The Morgan fingerprint density at radius 1 is 1.26 bits per heavy atom. The number of carbonyl (C=O) groups excluding carboxylic acids is 1. The van der Waals surface area contributed by atoms with Crippen LogP contribution in [0.3, 0.4) is 0 Å². The monoisotopic (exact) mass is 368 g/mol. The maximum atomic E-state index is 13.8. The molecular weight excluding hydrogens is 343 g/mol. The van der Waals surface area contributed by atoms with E-state index in [1.165, 1.54) is 6.07 Å². The van der Waals surface area contributed by atoms with Crippen molar-refractivity contribution in [3.63, 3.8) is 0 Å². The molecule has 6 heteroatoms.